The van der Waals surface area contributed by atoms with Crippen molar-refractivity contribution in [2.75, 3.05) is 11.9 Å². The second kappa shape index (κ2) is 9.10. The van der Waals surface area contributed by atoms with Crippen molar-refractivity contribution in [2.24, 2.45) is 0 Å². The molecule has 0 radical (unpaired) electrons. The molecule has 1 N–H and O–H groups in total. The van der Waals surface area contributed by atoms with E-state index in [1.807, 2.05) is 13.8 Å². The van der Waals surface area contributed by atoms with Gasteiger partial charge in [-0.15, -0.1) is 11.3 Å². The van der Waals surface area contributed by atoms with E-state index in [0.717, 1.165) is 16.9 Å². The van der Waals surface area contributed by atoms with Crippen molar-refractivity contribution in [1.82, 2.24) is 0 Å². The Hall–Kier alpha value is -1.74. The summed E-state index contributed by atoms with van der Waals surface area (Å²) in [5.41, 5.74) is 1.58. The normalized spacial score (nSPS) is 10.4. The number of hydrogen-bond acceptors (Lipinski definition) is 4. The molecule has 0 spiro atoms. The van der Waals surface area contributed by atoms with Crippen LogP contribution in [0.1, 0.15) is 35.8 Å². The van der Waals surface area contributed by atoms with E-state index in [9.17, 15) is 10.1 Å². The number of aryl methyl sites for hydroxylation is 1. The van der Waals surface area contributed by atoms with E-state index in [4.69, 9.17) is 27.9 Å². The van der Waals surface area contributed by atoms with E-state index in [0.29, 0.717) is 45.8 Å². The fourth-order valence-corrected chi connectivity index (χ4v) is 3.98. The van der Waals surface area contributed by atoms with Gasteiger partial charge in [0.25, 0.3) is 0 Å². The molecule has 2 rings (SSSR count). The predicted molar refractivity (Wildman–Crippen MR) is 103 cm³/mol. The molecule has 25 heavy (non-hydrogen) atoms. The van der Waals surface area contributed by atoms with Crippen LogP contribution < -0.4 is 10.1 Å². The number of carbonyl (C=O) groups excluding carboxylic acids is 1. The molecule has 0 aliphatic rings. The first-order chi connectivity index (χ1) is 12.0. The number of hydrogen-bond donors (Lipinski definition) is 1. The lowest BCUT2D eigenvalue weighted by atomic mass is 10.1. The minimum atomic E-state index is -0.133. The number of nitrogens with zero attached hydrogens (tertiary/aromatic N) is 1. The van der Waals surface area contributed by atoms with Gasteiger partial charge in [-0.3, -0.25) is 4.79 Å². The van der Waals surface area contributed by atoms with E-state index < -0.39 is 0 Å². The molecule has 0 aliphatic carbocycles. The van der Waals surface area contributed by atoms with Crippen molar-refractivity contribution in [2.45, 2.75) is 33.1 Å². The highest BCUT2D eigenvalue weighted by Gasteiger charge is 2.16. The van der Waals surface area contributed by atoms with Gasteiger partial charge in [0.2, 0.25) is 5.91 Å². The molecule has 4 nitrogen and oxygen atoms in total. The number of thiophene rings is 1. The number of nitriles is 1. The van der Waals surface area contributed by atoms with Gasteiger partial charge in [0, 0.05) is 16.3 Å². The predicted octanol–water partition coefficient (Wildman–Crippen LogP) is 5.60. The van der Waals surface area contributed by atoms with Crippen molar-refractivity contribution in [3.05, 3.63) is 44.2 Å². The maximum Gasteiger partial charge on any atom is 0.225 e. The van der Waals surface area contributed by atoms with Gasteiger partial charge in [0.15, 0.2) is 0 Å². The van der Waals surface area contributed by atoms with Gasteiger partial charge < -0.3 is 10.1 Å². The van der Waals surface area contributed by atoms with E-state index >= 15 is 0 Å². The van der Waals surface area contributed by atoms with Crippen LogP contribution in [0, 0.1) is 18.3 Å². The smallest absolute Gasteiger partial charge is 0.225 e. The third kappa shape index (κ3) is 5.12. The van der Waals surface area contributed by atoms with Crippen molar-refractivity contribution in [1.29, 1.82) is 5.26 Å². The zero-order chi connectivity index (χ0) is 18.4. The van der Waals surface area contributed by atoms with Crippen LogP contribution in [0.2, 0.25) is 10.0 Å². The third-order valence-corrected chi connectivity index (χ3v) is 5.22. The lowest BCUT2D eigenvalue weighted by molar-refractivity contribution is -0.116. The van der Waals surface area contributed by atoms with Crippen molar-refractivity contribution >= 4 is 45.4 Å². The second-order valence-corrected chi connectivity index (χ2v) is 7.45. The van der Waals surface area contributed by atoms with Gasteiger partial charge in [-0.2, -0.15) is 5.26 Å². The molecule has 2 aromatic rings. The molecule has 1 aromatic carbocycles. The summed E-state index contributed by atoms with van der Waals surface area (Å²) >= 11 is 13.3. The molecular weight excluding hydrogens is 379 g/mol. The minimum absolute atomic E-state index is 0.133. The Morgan fingerprint density at radius 1 is 1.40 bits per heavy atom. The highest BCUT2D eigenvalue weighted by Crippen LogP contribution is 2.33. The number of anilines is 1. The molecule has 0 saturated carbocycles. The summed E-state index contributed by atoms with van der Waals surface area (Å²) in [4.78, 5) is 13.2. The molecule has 132 valence electrons. The first kappa shape index (κ1) is 19.6. The Labute approximate surface area is 161 Å². The highest BCUT2D eigenvalue weighted by molar-refractivity contribution is 7.16. The molecule has 0 atom stereocenters. The molecule has 1 heterocycles. The lowest BCUT2D eigenvalue weighted by Gasteiger charge is -2.08. The number of amides is 1. The number of carbonyl (C=O) groups is 1. The fourth-order valence-electron chi connectivity index (χ4n) is 2.41. The number of ether oxygens (including phenoxy) is 1. The van der Waals surface area contributed by atoms with E-state index in [-0.39, 0.29) is 5.91 Å². The molecule has 0 fully saturated rings. The first-order valence-electron chi connectivity index (χ1n) is 7.86. The Kier molecular flexibility index (Phi) is 7.12. The van der Waals surface area contributed by atoms with Gasteiger partial charge in [0.05, 0.1) is 17.2 Å². The Balaban J connectivity index is 1.84. The topological polar surface area (TPSA) is 62.1 Å². The van der Waals surface area contributed by atoms with Gasteiger partial charge in [-0.25, -0.2) is 0 Å². The highest BCUT2D eigenvalue weighted by atomic mass is 35.5. The van der Waals surface area contributed by atoms with Crippen LogP contribution in [0.4, 0.5) is 5.00 Å². The summed E-state index contributed by atoms with van der Waals surface area (Å²) in [7, 11) is 0. The van der Waals surface area contributed by atoms with Crippen molar-refractivity contribution < 1.29 is 9.53 Å². The molecule has 0 unspecified atom stereocenters. The minimum Gasteiger partial charge on any atom is -0.492 e. The molecule has 0 bridgehead atoms. The van der Waals surface area contributed by atoms with Crippen LogP contribution in [-0.4, -0.2) is 12.5 Å². The average molecular weight is 397 g/mol. The van der Waals surface area contributed by atoms with Gasteiger partial charge in [-0.1, -0.05) is 30.1 Å². The molecule has 1 aromatic heterocycles. The number of benzene rings is 1. The van der Waals surface area contributed by atoms with Gasteiger partial charge >= 0.3 is 0 Å². The second-order valence-electron chi connectivity index (χ2n) is 5.38. The van der Waals surface area contributed by atoms with Crippen LogP contribution in [-0.2, 0) is 11.2 Å². The van der Waals surface area contributed by atoms with Crippen LogP contribution in [0.3, 0.4) is 0 Å². The SMILES string of the molecule is CCc1c(C)sc(NC(=O)CCCOc2ccc(Cl)cc2Cl)c1C#N. The van der Waals surface area contributed by atoms with Crippen LogP contribution in [0.5, 0.6) is 5.75 Å². The first-order valence-corrected chi connectivity index (χ1v) is 9.43. The molecule has 0 saturated heterocycles. The Morgan fingerprint density at radius 3 is 2.80 bits per heavy atom. The van der Waals surface area contributed by atoms with Crippen LogP contribution in [0.15, 0.2) is 18.2 Å². The molecule has 0 aliphatic heterocycles. The Morgan fingerprint density at radius 2 is 2.16 bits per heavy atom. The number of halogens is 2. The molecular formula is C18H18Cl2N2O2S. The standard InChI is InChI=1S/C18H18Cl2N2O2S/c1-3-13-11(2)25-18(14(13)10-21)22-17(23)5-4-8-24-16-7-6-12(19)9-15(16)20/h6-7,9H,3-5,8H2,1-2H3,(H,22,23). The number of rotatable bonds is 7. The van der Waals surface area contributed by atoms with Crippen molar-refractivity contribution in [3.8, 4) is 11.8 Å². The van der Waals surface area contributed by atoms with Gasteiger partial charge in [-0.05, 0) is 43.5 Å². The summed E-state index contributed by atoms with van der Waals surface area (Å²) in [6.07, 6.45) is 1.61. The summed E-state index contributed by atoms with van der Waals surface area (Å²) in [5.74, 6) is 0.408. The summed E-state index contributed by atoms with van der Waals surface area (Å²) < 4.78 is 5.56. The molecule has 1 amide bonds. The third-order valence-electron chi connectivity index (χ3n) is 3.63. The van der Waals surface area contributed by atoms with E-state index in [2.05, 4.69) is 11.4 Å². The summed E-state index contributed by atoms with van der Waals surface area (Å²) in [6.45, 7) is 4.33. The van der Waals surface area contributed by atoms with Gasteiger partial charge in [0.1, 0.15) is 16.8 Å². The average Bonchev–Trinajstić information content (AvgIpc) is 2.87. The zero-order valence-electron chi connectivity index (χ0n) is 14.0. The van der Waals surface area contributed by atoms with Crippen LogP contribution in [0.25, 0.3) is 0 Å². The maximum atomic E-state index is 12.1. The maximum absolute atomic E-state index is 12.1. The van der Waals surface area contributed by atoms with E-state index in [1.165, 1.54) is 11.3 Å². The summed E-state index contributed by atoms with van der Waals surface area (Å²) in [6, 6.07) is 7.19. The quantitative estimate of drug-likeness (QED) is 0.619. The largest absolute Gasteiger partial charge is 0.492 e. The molecule has 7 heteroatoms. The Bertz CT molecular complexity index is 812. The number of nitrogens with one attached hydrogen (secondary N) is 1. The lowest BCUT2D eigenvalue weighted by Crippen LogP contribution is -2.12. The monoisotopic (exact) mass is 396 g/mol. The summed E-state index contributed by atoms with van der Waals surface area (Å²) in [5, 5.41) is 13.8. The fraction of sp³-hybridized carbons (Fsp3) is 0.333. The van der Waals surface area contributed by atoms with E-state index in [1.54, 1.807) is 18.2 Å². The van der Waals surface area contributed by atoms with Crippen LogP contribution >= 0.6 is 34.5 Å². The zero-order valence-corrected chi connectivity index (χ0v) is 16.3. The van der Waals surface area contributed by atoms with Crippen molar-refractivity contribution in [3.63, 3.8) is 0 Å².